The first-order chi connectivity index (χ1) is 7.33. The van der Waals surface area contributed by atoms with E-state index >= 15 is 0 Å². The topological polar surface area (TPSA) is 60.1 Å². The smallest absolute Gasteiger partial charge is 0.407 e. The molecule has 1 atom stereocenters. The molecule has 0 aliphatic carbocycles. The Bertz CT molecular complexity index is 187. The van der Waals surface area contributed by atoms with Crippen LogP contribution in [-0.2, 0) is 13.9 Å². The van der Waals surface area contributed by atoms with Crippen LogP contribution in [0, 0.1) is 0 Å². The molecule has 0 aromatic heterocycles. The van der Waals surface area contributed by atoms with E-state index in [1.165, 1.54) is 0 Å². The lowest BCUT2D eigenvalue weighted by molar-refractivity contribution is 0.136. The maximum Gasteiger partial charge on any atom is 0.407 e. The second-order valence-electron chi connectivity index (χ2n) is 3.16. The van der Waals surface area contributed by atoms with E-state index in [1.54, 1.807) is 0 Å². The highest BCUT2D eigenvalue weighted by Crippen LogP contribution is 2.08. The van der Waals surface area contributed by atoms with Crippen molar-refractivity contribution < 1.29 is 18.7 Å². The lowest BCUT2D eigenvalue weighted by atomic mass is 10.5. The van der Waals surface area contributed by atoms with Crippen molar-refractivity contribution in [2.45, 2.75) is 25.5 Å². The number of ether oxygens (including phenoxy) is 2. The van der Waals surface area contributed by atoms with E-state index in [1.807, 2.05) is 6.92 Å². The predicted molar refractivity (Wildman–Crippen MR) is 55.9 cm³/mol. The van der Waals surface area contributed by atoms with Gasteiger partial charge in [-0.15, -0.1) is 0 Å². The summed E-state index contributed by atoms with van der Waals surface area (Å²) in [5.41, 5.74) is 0. The Hall–Kier alpha value is -0.593. The number of epoxide rings is 1. The summed E-state index contributed by atoms with van der Waals surface area (Å²) in [6.07, 6.45) is 0.702. The Labute approximate surface area is 92.4 Å². The minimum atomic E-state index is -0.356. The van der Waals surface area contributed by atoms with Gasteiger partial charge in [0.1, 0.15) is 12.7 Å². The molecule has 5 nitrogen and oxygen atoms in total. The zero-order valence-corrected chi connectivity index (χ0v) is 9.95. The molecule has 1 amide bonds. The maximum atomic E-state index is 11.0. The van der Waals surface area contributed by atoms with E-state index in [0.29, 0.717) is 29.5 Å². The second-order valence-corrected chi connectivity index (χ2v) is 4.24. The molecule has 0 aromatic carbocycles. The van der Waals surface area contributed by atoms with Crippen LogP contribution in [0.15, 0.2) is 0 Å². The zero-order valence-electron chi connectivity index (χ0n) is 8.95. The fraction of sp³-hybridized carbons (Fsp3) is 0.889. The number of alkyl carbamates (subject to hydrolysis) is 1. The van der Waals surface area contributed by atoms with Crippen LogP contribution >= 0.6 is 0 Å². The van der Waals surface area contributed by atoms with Crippen molar-refractivity contribution in [1.82, 2.24) is 5.32 Å². The predicted octanol–water partition coefficient (Wildman–Crippen LogP) is 0.575. The second kappa shape index (κ2) is 7.67. The summed E-state index contributed by atoms with van der Waals surface area (Å²) in [6, 6.07) is 0.986. The summed E-state index contributed by atoms with van der Waals surface area (Å²) < 4.78 is 15.0. The van der Waals surface area contributed by atoms with Gasteiger partial charge in [-0.05, 0) is 19.4 Å². The molecule has 0 bridgehead atoms. The van der Waals surface area contributed by atoms with Crippen LogP contribution in [0.5, 0.6) is 0 Å². The van der Waals surface area contributed by atoms with E-state index in [2.05, 4.69) is 5.32 Å². The van der Waals surface area contributed by atoms with Crippen LogP contribution in [-0.4, -0.2) is 48.3 Å². The third-order valence-electron chi connectivity index (χ3n) is 1.77. The fourth-order valence-electron chi connectivity index (χ4n) is 0.909. The molecule has 1 saturated heterocycles. The van der Waals surface area contributed by atoms with Crippen molar-refractivity contribution in [2.75, 3.05) is 26.4 Å². The van der Waals surface area contributed by atoms with Gasteiger partial charge in [0.05, 0.1) is 6.61 Å². The first-order valence-corrected chi connectivity index (χ1v) is 6.31. The minimum Gasteiger partial charge on any atom is -0.447 e. The Kier molecular flexibility index (Phi) is 6.38. The molecular formula is C9H17NO4Si. The quantitative estimate of drug-likeness (QED) is 0.377. The first-order valence-electron chi connectivity index (χ1n) is 5.19. The van der Waals surface area contributed by atoms with Gasteiger partial charge in [-0.2, -0.15) is 0 Å². The number of nitrogens with one attached hydrogen (secondary N) is 1. The van der Waals surface area contributed by atoms with Gasteiger partial charge < -0.3 is 19.2 Å². The molecule has 1 fully saturated rings. The summed E-state index contributed by atoms with van der Waals surface area (Å²) in [6.45, 7) is 4.46. The van der Waals surface area contributed by atoms with E-state index in [0.717, 1.165) is 19.1 Å². The van der Waals surface area contributed by atoms with Gasteiger partial charge >= 0.3 is 6.09 Å². The van der Waals surface area contributed by atoms with Crippen molar-refractivity contribution in [3.8, 4) is 0 Å². The minimum absolute atomic E-state index is 0.134. The van der Waals surface area contributed by atoms with Crippen LogP contribution in [0.4, 0.5) is 4.79 Å². The number of hydrogen-bond acceptors (Lipinski definition) is 4. The number of rotatable bonds is 8. The third-order valence-corrected chi connectivity index (χ3v) is 2.82. The molecule has 1 unspecified atom stereocenters. The van der Waals surface area contributed by atoms with Crippen molar-refractivity contribution in [2.24, 2.45) is 0 Å². The summed E-state index contributed by atoms with van der Waals surface area (Å²) in [5, 5.41) is 2.67. The van der Waals surface area contributed by atoms with Gasteiger partial charge in [0.2, 0.25) is 9.76 Å². The summed E-state index contributed by atoms with van der Waals surface area (Å²) >= 11 is 0. The van der Waals surface area contributed by atoms with Crippen molar-refractivity contribution in [1.29, 1.82) is 0 Å². The lowest BCUT2D eigenvalue weighted by Gasteiger charge is -2.05. The Morgan fingerprint density at radius 3 is 3.13 bits per heavy atom. The number of hydrogen-bond donors (Lipinski definition) is 1. The monoisotopic (exact) mass is 231 g/mol. The van der Waals surface area contributed by atoms with Gasteiger partial charge in [-0.1, -0.05) is 0 Å². The van der Waals surface area contributed by atoms with E-state index < -0.39 is 0 Å². The average molecular weight is 231 g/mol. The van der Waals surface area contributed by atoms with Gasteiger partial charge in [0.25, 0.3) is 0 Å². The van der Waals surface area contributed by atoms with Crippen LogP contribution in [0.2, 0.25) is 6.04 Å². The van der Waals surface area contributed by atoms with Gasteiger partial charge in [-0.25, -0.2) is 4.79 Å². The van der Waals surface area contributed by atoms with Gasteiger partial charge in [-0.3, -0.25) is 0 Å². The highest BCUT2D eigenvalue weighted by Gasteiger charge is 2.23. The Morgan fingerprint density at radius 1 is 1.67 bits per heavy atom. The lowest BCUT2D eigenvalue weighted by Crippen LogP contribution is -2.26. The van der Waals surface area contributed by atoms with Crippen molar-refractivity contribution >= 4 is 15.9 Å². The molecule has 1 rings (SSSR count). The summed E-state index contributed by atoms with van der Waals surface area (Å²) in [7, 11) is 0.530. The Balaban J connectivity index is 1.79. The molecule has 1 N–H and O–H groups in total. The van der Waals surface area contributed by atoms with Crippen LogP contribution in [0.1, 0.15) is 13.3 Å². The highest BCUT2D eigenvalue weighted by molar-refractivity contribution is 6.26. The van der Waals surface area contributed by atoms with Crippen LogP contribution in [0.3, 0.4) is 0 Å². The van der Waals surface area contributed by atoms with Crippen molar-refractivity contribution in [3.63, 3.8) is 0 Å². The van der Waals surface area contributed by atoms with E-state index in [9.17, 15) is 4.79 Å². The summed E-state index contributed by atoms with van der Waals surface area (Å²) in [4.78, 5) is 11.0. The van der Waals surface area contributed by atoms with Crippen molar-refractivity contribution in [3.05, 3.63) is 0 Å². The molecule has 86 valence electrons. The number of amides is 1. The fourth-order valence-corrected chi connectivity index (χ4v) is 1.58. The van der Waals surface area contributed by atoms with Gasteiger partial charge in [0.15, 0.2) is 0 Å². The Morgan fingerprint density at radius 2 is 2.47 bits per heavy atom. The van der Waals surface area contributed by atoms with E-state index in [4.69, 9.17) is 13.9 Å². The normalized spacial score (nSPS) is 18.6. The molecule has 0 aromatic rings. The summed E-state index contributed by atoms with van der Waals surface area (Å²) in [5.74, 6) is 0. The largest absolute Gasteiger partial charge is 0.447 e. The first kappa shape index (κ1) is 12.5. The third kappa shape index (κ3) is 7.35. The molecule has 15 heavy (non-hydrogen) atoms. The van der Waals surface area contributed by atoms with Gasteiger partial charge in [0, 0.05) is 13.2 Å². The average Bonchev–Trinajstić information content (AvgIpc) is 3.04. The molecule has 1 aliphatic rings. The molecule has 1 aliphatic heterocycles. The van der Waals surface area contributed by atoms with Crippen LogP contribution < -0.4 is 5.32 Å². The number of carbonyl (C=O) groups is 1. The molecule has 0 saturated carbocycles. The standard InChI is InChI=1S/C9H17NO4Si/c1-2-14-15-5-3-4-10-9(11)13-7-8-6-12-8/h8H,2-7H2,1H3,(H,10,11). The highest BCUT2D eigenvalue weighted by atomic mass is 28.2. The molecule has 0 spiro atoms. The SMILES string of the molecule is CCO[Si]CCCNC(=O)OCC1CO1. The molecule has 1 heterocycles. The molecule has 6 heteroatoms. The molecule has 2 radical (unpaired) electrons. The molecular weight excluding hydrogens is 214 g/mol. The zero-order chi connectivity index (χ0) is 10.9. The van der Waals surface area contributed by atoms with Crippen LogP contribution in [0.25, 0.3) is 0 Å². The number of carbonyl (C=O) groups excluding carboxylic acids is 1. The van der Waals surface area contributed by atoms with E-state index in [-0.39, 0.29) is 12.2 Å². The maximum absolute atomic E-state index is 11.0.